The van der Waals surface area contributed by atoms with Gasteiger partial charge in [0.15, 0.2) is 0 Å². The lowest BCUT2D eigenvalue weighted by atomic mass is 9.92. The average molecular weight is 166 g/mol. The van der Waals surface area contributed by atoms with Gasteiger partial charge >= 0.3 is 0 Å². The fourth-order valence-electron chi connectivity index (χ4n) is 3.08. The fourth-order valence-corrected chi connectivity index (χ4v) is 3.08. The van der Waals surface area contributed by atoms with E-state index in [1.54, 1.807) is 0 Å². The van der Waals surface area contributed by atoms with Crippen molar-refractivity contribution in [2.45, 2.75) is 50.2 Å². The third kappa shape index (κ3) is 1.09. The van der Waals surface area contributed by atoms with E-state index < -0.39 is 0 Å². The molecule has 4 atom stereocenters. The Labute approximate surface area is 73.9 Å². The van der Waals surface area contributed by atoms with Crippen LogP contribution in [0.1, 0.15) is 32.1 Å². The summed E-state index contributed by atoms with van der Waals surface area (Å²) in [5.74, 6) is 1.77. The zero-order valence-electron chi connectivity index (χ0n) is 7.50. The molecule has 0 amide bonds. The van der Waals surface area contributed by atoms with Gasteiger partial charge in [-0.15, -0.1) is 0 Å². The van der Waals surface area contributed by atoms with E-state index in [0.29, 0.717) is 6.04 Å². The molecule has 3 aliphatic rings. The summed E-state index contributed by atoms with van der Waals surface area (Å²) in [6.07, 6.45) is 6.89. The smallest absolute Gasteiger partial charge is 0.0102 e. The first kappa shape index (κ1) is 7.34. The molecule has 0 aromatic carbocycles. The molecule has 0 radical (unpaired) electrons. The Morgan fingerprint density at radius 2 is 1.83 bits per heavy atom. The van der Waals surface area contributed by atoms with Crippen molar-refractivity contribution < 1.29 is 0 Å². The summed E-state index contributed by atoms with van der Waals surface area (Å²) in [4.78, 5) is 0. The molecule has 2 heteroatoms. The molecule has 2 bridgehead atoms. The van der Waals surface area contributed by atoms with Gasteiger partial charge in [-0.2, -0.15) is 0 Å². The van der Waals surface area contributed by atoms with Gasteiger partial charge in [-0.1, -0.05) is 0 Å². The van der Waals surface area contributed by atoms with Gasteiger partial charge in [0.25, 0.3) is 0 Å². The fraction of sp³-hybridized carbons (Fsp3) is 1.00. The Hall–Kier alpha value is -0.0800. The minimum atomic E-state index is 0.534. The molecule has 4 unspecified atom stereocenters. The Morgan fingerprint density at radius 1 is 1.00 bits per heavy atom. The Bertz CT molecular complexity index is 186. The highest BCUT2D eigenvalue weighted by molar-refractivity contribution is 5.02. The first-order valence-corrected chi connectivity index (χ1v) is 5.34. The van der Waals surface area contributed by atoms with Gasteiger partial charge in [-0.3, -0.25) is 0 Å². The van der Waals surface area contributed by atoms with Crippen LogP contribution in [0.2, 0.25) is 0 Å². The zero-order valence-corrected chi connectivity index (χ0v) is 7.50. The maximum absolute atomic E-state index is 6.00. The first-order valence-electron chi connectivity index (χ1n) is 5.34. The summed E-state index contributed by atoms with van der Waals surface area (Å²) in [7, 11) is 0. The van der Waals surface area contributed by atoms with Gasteiger partial charge in [0.2, 0.25) is 0 Å². The molecule has 2 nitrogen and oxygen atoms in total. The van der Waals surface area contributed by atoms with Crippen LogP contribution in [0, 0.1) is 11.8 Å². The second kappa shape index (κ2) is 2.46. The quantitative estimate of drug-likeness (QED) is 0.638. The molecular formula is C10H18N2. The predicted octanol–water partition coefficient (Wildman–Crippen LogP) is 0.864. The molecule has 0 aromatic rings. The van der Waals surface area contributed by atoms with Gasteiger partial charge < -0.3 is 11.1 Å². The van der Waals surface area contributed by atoms with E-state index in [1.807, 2.05) is 0 Å². The third-order valence-electron chi connectivity index (χ3n) is 3.94. The lowest BCUT2D eigenvalue weighted by Gasteiger charge is -2.26. The van der Waals surface area contributed by atoms with Crippen LogP contribution in [0.3, 0.4) is 0 Å². The van der Waals surface area contributed by atoms with E-state index in [9.17, 15) is 0 Å². The summed E-state index contributed by atoms with van der Waals surface area (Å²) < 4.78 is 0. The number of hydrogen-bond acceptors (Lipinski definition) is 2. The minimum Gasteiger partial charge on any atom is -0.327 e. The van der Waals surface area contributed by atoms with E-state index in [4.69, 9.17) is 5.73 Å². The number of hydrogen-bond donors (Lipinski definition) is 2. The number of nitrogens with two attached hydrogens (primary N) is 1. The van der Waals surface area contributed by atoms with Crippen LogP contribution >= 0.6 is 0 Å². The van der Waals surface area contributed by atoms with Gasteiger partial charge in [-0.05, 0) is 43.9 Å². The minimum absolute atomic E-state index is 0.534. The van der Waals surface area contributed by atoms with Gasteiger partial charge in [0.1, 0.15) is 0 Å². The zero-order chi connectivity index (χ0) is 8.13. The Morgan fingerprint density at radius 3 is 2.33 bits per heavy atom. The second-order valence-electron chi connectivity index (χ2n) is 4.94. The summed E-state index contributed by atoms with van der Waals surface area (Å²) in [6, 6.07) is 2.25. The lowest BCUT2D eigenvalue weighted by molar-refractivity contribution is 0.323. The van der Waals surface area contributed by atoms with Gasteiger partial charge in [0.05, 0.1) is 0 Å². The van der Waals surface area contributed by atoms with Crippen LogP contribution in [-0.2, 0) is 0 Å². The molecule has 0 aromatic heterocycles. The maximum atomic E-state index is 6.00. The predicted molar refractivity (Wildman–Crippen MR) is 48.8 cm³/mol. The third-order valence-corrected chi connectivity index (χ3v) is 3.94. The van der Waals surface area contributed by atoms with Crippen LogP contribution in [0.4, 0.5) is 0 Å². The molecule has 3 N–H and O–H groups in total. The molecule has 0 heterocycles. The van der Waals surface area contributed by atoms with Crippen molar-refractivity contribution in [1.82, 2.24) is 5.32 Å². The number of fused-ring (bicyclic) bond motifs is 2. The van der Waals surface area contributed by atoms with E-state index in [-0.39, 0.29) is 0 Å². The molecule has 0 saturated heterocycles. The lowest BCUT2D eigenvalue weighted by Crippen LogP contribution is -2.40. The molecule has 3 aliphatic carbocycles. The highest BCUT2D eigenvalue weighted by atomic mass is 15.0. The van der Waals surface area contributed by atoms with Crippen LogP contribution in [0.5, 0.6) is 0 Å². The molecule has 3 saturated carbocycles. The van der Waals surface area contributed by atoms with Crippen molar-refractivity contribution in [1.29, 1.82) is 0 Å². The second-order valence-corrected chi connectivity index (χ2v) is 4.94. The number of nitrogens with one attached hydrogen (secondary N) is 1. The van der Waals surface area contributed by atoms with Crippen molar-refractivity contribution in [3.8, 4) is 0 Å². The van der Waals surface area contributed by atoms with Crippen molar-refractivity contribution in [2.24, 2.45) is 17.6 Å². The molecule has 0 aliphatic heterocycles. The van der Waals surface area contributed by atoms with E-state index in [2.05, 4.69) is 5.32 Å². The van der Waals surface area contributed by atoms with Crippen molar-refractivity contribution in [3.63, 3.8) is 0 Å². The van der Waals surface area contributed by atoms with E-state index in [1.165, 1.54) is 32.1 Å². The van der Waals surface area contributed by atoms with Gasteiger partial charge in [-0.25, -0.2) is 0 Å². The van der Waals surface area contributed by atoms with Crippen molar-refractivity contribution >= 4 is 0 Å². The van der Waals surface area contributed by atoms with Crippen LogP contribution in [-0.4, -0.2) is 18.1 Å². The summed E-state index contributed by atoms with van der Waals surface area (Å²) in [5, 5.41) is 3.75. The van der Waals surface area contributed by atoms with Gasteiger partial charge in [0, 0.05) is 18.1 Å². The average Bonchev–Trinajstić information content (AvgIpc) is 2.65. The van der Waals surface area contributed by atoms with Crippen molar-refractivity contribution in [3.05, 3.63) is 0 Å². The van der Waals surface area contributed by atoms with Crippen LogP contribution in [0.15, 0.2) is 0 Å². The highest BCUT2D eigenvalue weighted by Crippen LogP contribution is 2.44. The van der Waals surface area contributed by atoms with E-state index in [0.717, 1.165) is 23.9 Å². The molecule has 3 fully saturated rings. The Balaban J connectivity index is 1.62. The molecular weight excluding hydrogens is 148 g/mol. The topological polar surface area (TPSA) is 38.0 Å². The molecule has 68 valence electrons. The van der Waals surface area contributed by atoms with Crippen LogP contribution in [0.25, 0.3) is 0 Å². The molecule has 3 rings (SSSR count). The maximum Gasteiger partial charge on any atom is 0.0102 e. The monoisotopic (exact) mass is 166 g/mol. The summed E-state index contributed by atoms with van der Waals surface area (Å²) in [5.41, 5.74) is 6.00. The van der Waals surface area contributed by atoms with E-state index >= 15 is 0 Å². The van der Waals surface area contributed by atoms with Crippen LogP contribution < -0.4 is 11.1 Å². The molecule has 12 heavy (non-hydrogen) atoms. The first-order chi connectivity index (χ1) is 5.83. The summed E-state index contributed by atoms with van der Waals surface area (Å²) in [6.45, 7) is 0. The standard InChI is InChI=1S/C10H18N2/c11-9-4-7-3-6(9)5-10(7)12-8-1-2-8/h6-10,12H,1-5,11H2. The number of rotatable bonds is 2. The normalized spacial score (nSPS) is 51.8. The van der Waals surface area contributed by atoms with Crippen molar-refractivity contribution in [2.75, 3.05) is 0 Å². The largest absolute Gasteiger partial charge is 0.327 e. The Kier molecular flexibility index (Phi) is 1.50. The summed E-state index contributed by atoms with van der Waals surface area (Å²) >= 11 is 0. The SMILES string of the molecule is NC1CC2CC1CC2NC1CC1. The highest BCUT2D eigenvalue weighted by Gasteiger charge is 2.45. The molecule has 0 spiro atoms.